The fraction of sp³-hybridized carbons (Fsp3) is 0.167. The zero-order chi connectivity index (χ0) is 17.6. The lowest BCUT2D eigenvalue weighted by Crippen LogP contribution is -1.99. The summed E-state index contributed by atoms with van der Waals surface area (Å²) < 4.78 is 12.5. The van der Waals surface area contributed by atoms with Gasteiger partial charge in [0.25, 0.3) is 0 Å². The molecular formula is C18H18N4O2S. The van der Waals surface area contributed by atoms with Gasteiger partial charge in [0.2, 0.25) is 5.16 Å². The van der Waals surface area contributed by atoms with Gasteiger partial charge in [-0.15, -0.1) is 10.2 Å². The Balaban J connectivity index is 2.04. The second kappa shape index (κ2) is 7.85. The van der Waals surface area contributed by atoms with Crippen LogP contribution in [0.4, 0.5) is 0 Å². The van der Waals surface area contributed by atoms with E-state index in [4.69, 9.17) is 9.47 Å². The molecule has 2 aromatic carbocycles. The Kier molecular flexibility index (Phi) is 5.35. The molecule has 1 heterocycles. The van der Waals surface area contributed by atoms with Gasteiger partial charge in [0.1, 0.15) is 0 Å². The second-order valence-corrected chi connectivity index (χ2v) is 5.79. The van der Waals surface area contributed by atoms with E-state index in [1.165, 1.54) is 11.8 Å². The van der Waals surface area contributed by atoms with Gasteiger partial charge in [0.05, 0.1) is 20.4 Å². The quantitative estimate of drug-likeness (QED) is 0.500. The highest BCUT2D eigenvalue weighted by Gasteiger charge is 2.13. The van der Waals surface area contributed by atoms with Crippen LogP contribution in [0.25, 0.3) is 11.4 Å². The van der Waals surface area contributed by atoms with Crippen molar-refractivity contribution >= 4 is 18.0 Å². The van der Waals surface area contributed by atoms with Crippen LogP contribution < -0.4 is 9.47 Å². The van der Waals surface area contributed by atoms with Crippen molar-refractivity contribution in [3.05, 3.63) is 54.1 Å². The fourth-order valence-electron chi connectivity index (χ4n) is 2.40. The summed E-state index contributed by atoms with van der Waals surface area (Å²) in [4.78, 5) is 0. The largest absolute Gasteiger partial charge is 0.493 e. The van der Waals surface area contributed by atoms with Crippen molar-refractivity contribution in [2.24, 2.45) is 5.10 Å². The van der Waals surface area contributed by atoms with Crippen LogP contribution in [-0.4, -0.2) is 41.6 Å². The number of methoxy groups -OCH3 is 2. The van der Waals surface area contributed by atoms with Crippen LogP contribution in [0.15, 0.2) is 58.8 Å². The molecule has 0 atom stereocenters. The first-order chi connectivity index (χ1) is 12.3. The summed E-state index contributed by atoms with van der Waals surface area (Å²) in [6, 6.07) is 15.5. The number of para-hydroxylation sites is 1. The number of nitrogens with zero attached hydrogens (tertiary/aromatic N) is 4. The molecule has 0 amide bonds. The van der Waals surface area contributed by atoms with Crippen molar-refractivity contribution in [1.29, 1.82) is 0 Å². The Morgan fingerprint density at radius 2 is 1.80 bits per heavy atom. The van der Waals surface area contributed by atoms with Gasteiger partial charge in [-0.1, -0.05) is 48.2 Å². The third kappa shape index (κ3) is 3.51. The molecule has 0 unspecified atom stereocenters. The molecule has 0 aliphatic carbocycles. The van der Waals surface area contributed by atoms with Gasteiger partial charge in [0.15, 0.2) is 17.3 Å². The summed E-state index contributed by atoms with van der Waals surface area (Å²) in [6.07, 6.45) is 3.66. The molecule has 0 radical (unpaired) electrons. The molecule has 0 aliphatic heterocycles. The maximum atomic E-state index is 5.45. The lowest BCUT2D eigenvalue weighted by molar-refractivity contribution is 0.354. The lowest BCUT2D eigenvalue weighted by atomic mass is 10.2. The summed E-state index contributed by atoms with van der Waals surface area (Å²) in [5.74, 6) is 1.97. The molecule has 7 heteroatoms. The number of aromatic nitrogens is 3. The zero-order valence-electron chi connectivity index (χ0n) is 14.2. The fourth-order valence-corrected chi connectivity index (χ4v) is 2.83. The van der Waals surface area contributed by atoms with Crippen molar-refractivity contribution in [3.63, 3.8) is 0 Å². The third-order valence-corrected chi connectivity index (χ3v) is 4.19. The van der Waals surface area contributed by atoms with Crippen LogP contribution in [0.2, 0.25) is 0 Å². The Morgan fingerprint density at radius 3 is 2.48 bits per heavy atom. The first-order valence-corrected chi connectivity index (χ1v) is 8.81. The maximum absolute atomic E-state index is 5.45. The van der Waals surface area contributed by atoms with Crippen molar-refractivity contribution in [3.8, 4) is 22.9 Å². The summed E-state index contributed by atoms with van der Waals surface area (Å²) in [5.41, 5.74) is 1.76. The van der Waals surface area contributed by atoms with E-state index in [9.17, 15) is 0 Å². The molecule has 3 aromatic rings. The van der Waals surface area contributed by atoms with Crippen molar-refractivity contribution < 1.29 is 9.47 Å². The lowest BCUT2D eigenvalue weighted by Gasteiger charge is -2.09. The molecular weight excluding hydrogens is 336 g/mol. The summed E-state index contributed by atoms with van der Waals surface area (Å²) >= 11 is 1.48. The topological polar surface area (TPSA) is 61.5 Å². The molecule has 1 aromatic heterocycles. The van der Waals surface area contributed by atoms with E-state index in [0.717, 1.165) is 11.1 Å². The molecule has 0 bridgehead atoms. The molecule has 25 heavy (non-hydrogen) atoms. The summed E-state index contributed by atoms with van der Waals surface area (Å²) in [6.45, 7) is 0. The van der Waals surface area contributed by atoms with Gasteiger partial charge in [-0.3, -0.25) is 0 Å². The van der Waals surface area contributed by atoms with Gasteiger partial charge in [-0.25, -0.2) is 0 Å². The highest BCUT2D eigenvalue weighted by Crippen LogP contribution is 2.30. The van der Waals surface area contributed by atoms with Gasteiger partial charge >= 0.3 is 0 Å². The molecule has 0 spiro atoms. The standard InChI is InChI=1S/C18H18N4O2S/c1-23-15-11-7-10-14(16(15)24-2)12-19-22-17(20-21-18(22)25-3)13-8-5-4-6-9-13/h4-12H,1-3H3/b19-12+. The molecule has 6 nitrogen and oxygen atoms in total. The van der Waals surface area contributed by atoms with Crippen LogP contribution in [0, 0.1) is 0 Å². The van der Waals surface area contributed by atoms with E-state index >= 15 is 0 Å². The van der Waals surface area contributed by atoms with E-state index in [1.54, 1.807) is 25.1 Å². The molecule has 3 rings (SSSR count). The smallest absolute Gasteiger partial charge is 0.212 e. The molecule has 0 N–H and O–H groups in total. The van der Waals surface area contributed by atoms with Crippen LogP contribution >= 0.6 is 11.8 Å². The van der Waals surface area contributed by atoms with Crippen molar-refractivity contribution in [1.82, 2.24) is 14.9 Å². The Hall–Kier alpha value is -2.80. The first-order valence-electron chi connectivity index (χ1n) is 7.58. The minimum atomic E-state index is 0.633. The number of hydrogen-bond donors (Lipinski definition) is 0. The van der Waals surface area contributed by atoms with E-state index in [0.29, 0.717) is 22.5 Å². The van der Waals surface area contributed by atoms with Crippen LogP contribution in [0.3, 0.4) is 0 Å². The number of rotatable bonds is 6. The van der Waals surface area contributed by atoms with Crippen LogP contribution in [0.5, 0.6) is 11.5 Å². The zero-order valence-corrected chi connectivity index (χ0v) is 15.0. The van der Waals surface area contributed by atoms with Gasteiger partial charge in [0, 0.05) is 11.1 Å². The van der Waals surface area contributed by atoms with E-state index in [1.807, 2.05) is 54.8 Å². The van der Waals surface area contributed by atoms with E-state index in [-0.39, 0.29) is 0 Å². The predicted molar refractivity (Wildman–Crippen MR) is 99.8 cm³/mol. The average Bonchev–Trinajstić information content (AvgIpc) is 3.09. The predicted octanol–water partition coefficient (Wildman–Crippen LogP) is 3.57. The van der Waals surface area contributed by atoms with Crippen LogP contribution in [0.1, 0.15) is 5.56 Å². The third-order valence-electron chi connectivity index (χ3n) is 3.57. The molecule has 128 valence electrons. The van der Waals surface area contributed by atoms with Crippen LogP contribution in [-0.2, 0) is 0 Å². The van der Waals surface area contributed by atoms with Gasteiger partial charge < -0.3 is 9.47 Å². The van der Waals surface area contributed by atoms with Gasteiger partial charge in [-0.2, -0.15) is 9.78 Å². The second-order valence-electron chi connectivity index (χ2n) is 5.02. The number of ether oxygens (including phenoxy) is 2. The molecule has 0 aliphatic rings. The molecule has 0 fully saturated rings. The maximum Gasteiger partial charge on any atom is 0.212 e. The highest BCUT2D eigenvalue weighted by atomic mass is 32.2. The average molecular weight is 354 g/mol. The van der Waals surface area contributed by atoms with E-state index < -0.39 is 0 Å². The monoisotopic (exact) mass is 354 g/mol. The first kappa shape index (κ1) is 17.0. The Morgan fingerprint density at radius 1 is 1.00 bits per heavy atom. The van der Waals surface area contributed by atoms with Gasteiger partial charge in [-0.05, 0) is 18.4 Å². The SMILES string of the molecule is COc1cccc(/C=N/n2c(SC)nnc2-c2ccccc2)c1OC. The minimum absolute atomic E-state index is 0.633. The minimum Gasteiger partial charge on any atom is -0.493 e. The van der Waals surface area contributed by atoms with Crippen molar-refractivity contribution in [2.45, 2.75) is 5.16 Å². The normalized spacial score (nSPS) is 11.0. The Labute approximate surface area is 150 Å². The summed E-state index contributed by atoms with van der Waals surface area (Å²) in [7, 11) is 3.22. The number of thioether (sulfide) groups is 1. The number of benzene rings is 2. The summed E-state index contributed by atoms with van der Waals surface area (Å²) in [5, 5.41) is 13.8. The highest BCUT2D eigenvalue weighted by molar-refractivity contribution is 7.98. The Bertz CT molecular complexity index is 878. The van der Waals surface area contributed by atoms with Crippen molar-refractivity contribution in [2.75, 3.05) is 20.5 Å². The molecule has 0 saturated heterocycles. The number of hydrogen-bond acceptors (Lipinski definition) is 6. The molecule has 0 saturated carbocycles. The van der Waals surface area contributed by atoms with E-state index in [2.05, 4.69) is 15.3 Å².